The van der Waals surface area contributed by atoms with Gasteiger partial charge in [-0.05, 0) is 0 Å². The maximum absolute atomic E-state index is 2.35. The minimum absolute atomic E-state index is 0. The van der Waals surface area contributed by atoms with Gasteiger partial charge in [-0.2, -0.15) is 0 Å². The van der Waals surface area contributed by atoms with Crippen molar-refractivity contribution >= 4 is 49.8 Å². The van der Waals surface area contributed by atoms with Crippen LogP contribution in [-0.2, 0) is 18.4 Å². The summed E-state index contributed by atoms with van der Waals surface area (Å²) in [5.74, 6) is 0. The van der Waals surface area contributed by atoms with E-state index in [1.165, 1.54) is 12.0 Å². The first-order valence-corrected chi connectivity index (χ1v) is 10.9. The fraction of sp³-hybridized carbons (Fsp3) is 0.231. The summed E-state index contributed by atoms with van der Waals surface area (Å²) in [6.07, 6.45) is 8.10. The summed E-state index contributed by atoms with van der Waals surface area (Å²) in [5.41, 5.74) is 3.02. The molecule has 1 aromatic carbocycles. The molecule has 0 unspecified atom stereocenters. The van der Waals surface area contributed by atoms with Crippen LogP contribution in [0.4, 0.5) is 0 Å². The van der Waals surface area contributed by atoms with E-state index in [4.69, 9.17) is 0 Å². The number of hydrogen-bond donors (Lipinski definition) is 0. The summed E-state index contributed by atoms with van der Waals surface area (Å²) < 4.78 is 1.75. The van der Waals surface area contributed by atoms with Gasteiger partial charge in [-0.3, -0.25) is 0 Å². The second kappa shape index (κ2) is 10.3. The van der Waals surface area contributed by atoms with Gasteiger partial charge in [0.05, 0.1) is 0 Å². The van der Waals surface area contributed by atoms with Gasteiger partial charge in [0, 0.05) is 0 Å². The molecule has 0 fully saturated rings. The third-order valence-electron chi connectivity index (χ3n) is 2.99. The Morgan fingerprint density at radius 3 is 2.44 bits per heavy atom. The molecule has 0 nitrogen and oxygen atoms in total. The second-order valence-corrected chi connectivity index (χ2v) is 9.82. The van der Waals surface area contributed by atoms with Crippen LogP contribution in [0.3, 0.4) is 0 Å². The van der Waals surface area contributed by atoms with Gasteiger partial charge in [0.1, 0.15) is 0 Å². The number of benzene rings is 1. The maximum Gasteiger partial charge on any atom is -0.147 e. The van der Waals surface area contributed by atoms with E-state index in [0.29, 0.717) is 0 Å². The molecule has 0 radical (unpaired) electrons. The van der Waals surface area contributed by atoms with Gasteiger partial charge in [-0.1, -0.05) is 0 Å². The summed E-state index contributed by atoms with van der Waals surface area (Å²) in [5, 5.41) is 1.70. The van der Waals surface area contributed by atoms with Crippen LogP contribution in [0.2, 0.25) is 0 Å². The van der Waals surface area contributed by atoms with E-state index >= 15 is 0 Å². The fourth-order valence-corrected chi connectivity index (χ4v) is 8.58. The SMILES string of the molecule is Cc1cccc([SiH2][Ti][C]2=CC=CC2)c1C.Cl.Cl.Cl. The van der Waals surface area contributed by atoms with E-state index in [0.717, 1.165) is 0 Å². The van der Waals surface area contributed by atoms with Crippen LogP contribution in [0.5, 0.6) is 0 Å². The Morgan fingerprint density at radius 2 is 1.83 bits per heavy atom. The molecule has 0 heterocycles. The Morgan fingerprint density at radius 1 is 1.11 bits per heavy atom. The van der Waals surface area contributed by atoms with Crippen LogP contribution >= 0.6 is 37.2 Å². The smallest absolute Gasteiger partial charge is 0.147 e. The standard InChI is InChI=1S/C8H11Si.C5H5.3ClH.Ti/c1-6-4-3-5-8(9)7(6)2;1-2-4-5-3-1;;;;/h3-5H,9H2,1-2H3;1-3H,4H2;3*1H;. The van der Waals surface area contributed by atoms with Gasteiger partial charge < -0.3 is 0 Å². The molecule has 2 rings (SSSR count). The minimum Gasteiger partial charge on any atom is -0.147 e. The first-order valence-electron chi connectivity index (χ1n) is 5.42. The summed E-state index contributed by atoms with van der Waals surface area (Å²) in [6, 6.07) is 6.79. The largest absolute Gasteiger partial charge is 0.147 e. The summed E-state index contributed by atoms with van der Waals surface area (Å²) in [6.45, 7) is 4.51. The molecule has 18 heavy (non-hydrogen) atoms. The number of hydrogen-bond acceptors (Lipinski definition) is 0. The van der Waals surface area contributed by atoms with Crippen molar-refractivity contribution in [1.82, 2.24) is 0 Å². The summed E-state index contributed by atoms with van der Waals surface area (Å²) in [7, 11) is 0.0256. The van der Waals surface area contributed by atoms with E-state index in [1.54, 1.807) is 14.6 Å². The molecule has 5 heteroatoms. The van der Waals surface area contributed by atoms with Gasteiger partial charge in [-0.25, -0.2) is 0 Å². The zero-order valence-corrected chi connectivity index (χ0v) is 16.0. The average molecular weight is 358 g/mol. The predicted molar refractivity (Wildman–Crippen MR) is 87.7 cm³/mol. The molecule has 0 aromatic heterocycles. The van der Waals surface area contributed by atoms with Gasteiger partial charge in [0.2, 0.25) is 0 Å². The summed E-state index contributed by atoms with van der Waals surface area (Å²) in [4.78, 5) is 0. The van der Waals surface area contributed by atoms with Gasteiger partial charge in [0.25, 0.3) is 0 Å². The van der Waals surface area contributed by atoms with Crippen molar-refractivity contribution in [3.05, 3.63) is 51.4 Å². The first kappa shape index (κ1) is 20.8. The quantitative estimate of drug-likeness (QED) is 0.729. The molecule has 0 atom stereocenters. The van der Waals surface area contributed by atoms with Crippen molar-refractivity contribution in [2.24, 2.45) is 0 Å². The molecule has 0 bridgehead atoms. The third kappa shape index (κ3) is 5.65. The fourth-order valence-electron chi connectivity index (χ4n) is 1.79. The van der Waals surface area contributed by atoms with Gasteiger partial charge >= 0.3 is 103 Å². The van der Waals surface area contributed by atoms with Crippen molar-refractivity contribution in [2.45, 2.75) is 20.3 Å². The Balaban J connectivity index is 0. The molecular formula is C13H19Cl3SiTi. The topological polar surface area (TPSA) is 0 Å². The van der Waals surface area contributed by atoms with Crippen molar-refractivity contribution < 1.29 is 18.4 Å². The Hall–Kier alpha value is 0.501. The summed E-state index contributed by atoms with van der Waals surface area (Å²) >= 11 is 0.215. The van der Waals surface area contributed by atoms with E-state index in [2.05, 4.69) is 50.3 Å². The number of aryl methyl sites for hydroxylation is 1. The molecule has 1 aliphatic rings. The number of halogens is 3. The average Bonchev–Trinajstić information content (AvgIpc) is 2.73. The molecule has 0 amide bonds. The van der Waals surface area contributed by atoms with E-state index in [9.17, 15) is 0 Å². The second-order valence-electron chi connectivity index (χ2n) is 4.04. The Bertz CT molecular complexity index is 430. The molecule has 1 aliphatic carbocycles. The van der Waals surface area contributed by atoms with Crippen molar-refractivity contribution in [3.63, 3.8) is 0 Å². The van der Waals surface area contributed by atoms with Crippen LogP contribution in [-0.4, -0.2) is 7.39 Å². The van der Waals surface area contributed by atoms with Crippen molar-refractivity contribution in [2.75, 3.05) is 0 Å². The monoisotopic (exact) mass is 356 g/mol. The molecule has 0 spiro atoms. The Kier molecular flexibility index (Phi) is 11.9. The van der Waals surface area contributed by atoms with E-state index in [-0.39, 0.29) is 63.0 Å². The number of allylic oxidation sites excluding steroid dienone is 4. The normalized spacial score (nSPS) is 12.4. The molecule has 0 N–H and O–H groups in total. The Labute approximate surface area is 139 Å². The minimum atomic E-state index is 0. The van der Waals surface area contributed by atoms with Gasteiger partial charge in [-0.15, -0.1) is 37.2 Å². The molecule has 0 saturated heterocycles. The zero-order chi connectivity index (χ0) is 10.7. The van der Waals surface area contributed by atoms with E-state index < -0.39 is 0 Å². The molecule has 0 aliphatic heterocycles. The number of rotatable bonds is 3. The van der Waals surface area contributed by atoms with Gasteiger partial charge in [0.15, 0.2) is 0 Å². The van der Waals surface area contributed by atoms with E-state index in [1.807, 2.05) is 0 Å². The zero-order valence-electron chi connectivity index (χ0n) is 10.6. The van der Waals surface area contributed by atoms with Crippen LogP contribution in [0.15, 0.2) is 40.3 Å². The predicted octanol–water partition coefficient (Wildman–Crippen LogP) is 3.20. The maximum atomic E-state index is 2.35. The molecule has 0 saturated carbocycles. The van der Waals surface area contributed by atoms with Crippen LogP contribution in [0.1, 0.15) is 17.5 Å². The van der Waals surface area contributed by atoms with Crippen molar-refractivity contribution in [1.29, 1.82) is 0 Å². The van der Waals surface area contributed by atoms with Crippen molar-refractivity contribution in [3.8, 4) is 0 Å². The molecule has 100 valence electrons. The van der Waals surface area contributed by atoms with Crippen LogP contribution in [0.25, 0.3) is 0 Å². The van der Waals surface area contributed by atoms with Crippen LogP contribution < -0.4 is 5.19 Å². The van der Waals surface area contributed by atoms with Crippen LogP contribution in [0, 0.1) is 13.8 Å². The molecule has 1 aromatic rings. The molecular weight excluding hydrogens is 338 g/mol. The third-order valence-corrected chi connectivity index (χ3v) is 10.1. The first-order chi connectivity index (χ1) is 7.27.